The predicted octanol–water partition coefficient (Wildman–Crippen LogP) is 5.00. The number of imidazole rings is 1. The molecule has 0 spiro atoms. The Morgan fingerprint density at radius 3 is 2.73 bits per heavy atom. The number of aryl methyl sites for hydroxylation is 2. The molecule has 0 aliphatic carbocycles. The topological polar surface area (TPSA) is 98.8 Å². The lowest BCUT2D eigenvalue weighted by molar-refractivity contribution is 0.262. The Labute approximate surface area is 192 Å². The Balaban J connectivity index is 1.30. The van der Waals surface area contributed by atoms with Crippen LogP contribution < -0.4 is 15.5 Å². The van der Waals surface area contributed by atoms with E-state index in [-0.39, 0.29) is 6.03 Å². The second-order valence-electron chi connectivity index (χ2n) is 8.55. The quantitative estimate of drug-likeness (QED) is 0.414. The minimum atomic E-state index is -0.239. The third-order valence-corrected chi connectivity index (χ3v) is 6.25. The van der Waals surface area contributed by atoms with Crippen molar-refractivity contribution in [2.75, 3.05) is 28.6 Å². The molecule has 0 bridgehead atoms. The summed E-state index contributed by atoms with van der Waals surface area (Å²) in [6.45, 7) is 5.77. The zero-order chi connectivity index (χ0) is 22.8. The van der Waals surface area contributed by atoms with Gasteiger partial charge in [-0.1, -0.05) is 30.3 Å². The maximum atomic E-state index is 12.7. The van der Waals surface area contributed by atoms with Crippen LogP contribution in [0.15, 0.2) is 55.1 Å². The molecular weight excluding hydrogens is 414 g/mol. The van der Waals surface area contributed by atoms with Gasteiger partial charge in [0.2, 0.25) is 0 Å². The number of aromatic nitrogens is 4. The Hall–Kier alpha value is -3.94. The van der Waals surface area contributed by atoms with E-state index in [0.717, 1.165) is 65.4 Å². The number of H-pyrrole nitrogens is 1. The number of fused-ring (bicyclic) bond motifs is 1. The highest BCUT2D eigenvalue weighted by Crippen LogP contribution is 2.32. The number of anilines is 3. The summed E-state index contributed by atoms with van der Waals surface area (Å²) < 4.78 is 0. The van der Waals surface area contributed by atoms with Crippen LogP contribution in [0.1, 0.15) is 35.4 Å². The Morgan fingerprint density at radius 2 is 1.88 bits per heavy atom. The molecule has 0 radical (unpaired) electrons. The number of rotatable bonds is 4. The van der Waals surface area contributed by atoms with Crippen LogP contribution in [-0.2, 0) is 0 Å². The first-order valence-corrected chi connectivity index (χ1v) is 11.2. The monoisotopic (exact) mass is 441 g/mol. The minimum absolute atomic E-state index is 0.239. The SMILES string of the molecule is Cc1cccc(C)c1NC(=O)Nc1cccc(C2CCCN(c3ncnc4[nH]cnc34)C2)c1. The van der Waals surface area contributed by atoms with Crippen molar-refractivity contribution in [2.24, 2.45) is 0 Å². The van der Waals surface area contributed by atoms with Crippen molar-refractivity contribution in [3.63, 3.8) is 0 Å². The van der Waals surface area contributed by atoms with Gasteiger partial charge >= 0.3 is 6.03 Å². The number of nitrogens with one attached hydrogen (secondary N) is 3. The Kier molecular flexibility index (Phi) is 5.64. The van der Waals surface area contributed by atoms with E-state index in [1.807, 2.05) is 44.2 Å². The zero-order valence-electron chi connectivity index (χ0n) is 18.8. The van der Waals surface area contributed by atoms with Crippen LogP contribution in [0.25, 0.3) is 11.2 Å². The second kappa shape index (κ2) is 8.90. The number of urea groups is 1. The summed E-state index contributed by atoms with van der Waals surface area (Å²) in [6, 6.07) is 13.9. The largest absolute Gasteiger partial charge is 0.354 e. The Bertz CT molecular complexity index is 1280. The van der Waals surface area contributed by atoms with E-state index >= 15 is 0 Å². The van der Waals surface area contributed by atoms with Gasteiger partial charge in [-0.05, 0) is 55.5 Å². The van der Waals surface area contributed by atoms with E-state index in [2.05, 4.69) is 47.6 Å². The van der Waals surface area contributed by atoms with Crippen LogP contribution in [0.5, 0.6) is 0 Å². The van der Waals surface area contributed by atoms with Gasteiger partial charge in [-0.25, -0.2) is 19.7 Å². The molecule has 1 aliphatic rings. The molecule has 1 fully saturated rings. The highest BCUT2D eigenvalue weighted by Gasteiger charge is 2.24. The lowest BCUT2D eigenvalue weighted by Crippen LogP contribution is -2.35. The molecule has 1 saturated heterocycles. The van der Waals surface area contributed by atoms with Gasteiger partial charge in [0, 0.05) is 30.4 Å². The normalized spacial score (nSPS) is 16.1. The first kappa shape index (κ1) is 20.9. The van der Waals surface area contributed by atoms with Gasteiger partial charge in [-0.3, -0.25) is 0 Å². The van der Waals surface area contributed by atoms with E-state index < -0.39 is 0 Å². The van der Waals surface area contributed by atoms with E-state index in [0.29, 0.717) is 5.92 Å². The highest BCUT2D eigenvalue weighted by molar-refractivity contribution is 6.00. The van der Waals surface area contributed by atoms with Gasteiger partial charge in [0.25, 0.3) is 0 Å². The summed E-state index contributed by atoms with van der Waals surface area (Å²) >= 11 is 0. The number of benzene rings is 2. The number of hydrogen-bond donors (Lipinski definition) is 3. The molecular formula is C25H27N7O. The molecule has 1 unspecified atom stereocenters. The maximum absolute atomic E-state index is 12.7. The smallest absolute Gasteiger partial charge is 0.323 e. The average molecular weight is 442 g/mol. The first-order chi connectivity index (χ1) is 16.1. The molecule has 8 heteroatoms. The van der Waals surface area contributed by atoms with Gasteiger partial charge in [0.15, 0.2) is 11.5 Å². The second-order valence-corrected chi connectivity index (χ2v) is 8.55. The minimum Gasteiger partial charge on any atom is -0.354 e. The lowest BCUT2D eigenvalue weighted by atomic mass is 9.90. The third-order valence-electron chi connectivity index (χ3n) is 6.25. The predicted molar refractivity (Wildman–Crippen MR) is 131 cm³/mol. The molecule has 3 heterocycles. The molecule has 1 aliphatic heterocycles. The van der Waals surface area contributed by atoms with Crippen molar-refractivity contribution in [2.45, 2.75) is 32.6 Å². The molecule has 2 aromatic heterocycles. The van der Waals surface area contributed by atoms with E-state index in [1.165, 1.54) is 5.56 Å². The number of nitrogens with zero attached hydrogens (tertiary/aromatic N) is 4. The number of carbonyl (C=O) groups excluding carboxylic acids is 1. The zero-order valence-corrected chi connectivity index (χ0v) is 18.8. The van der Waals surface area contributed by atoms with Gasteiger partial charge in [-0.2, -0.15) is 0 Å². The summed E-state index contributed by atoms with van der Waals surface area (Å²) in [5.41, 5.74) is 6.47. The molecule has 3 N–H and O–H groups in total. The van der Waals surface area contributed by atoms with Gasteiger partial charge in [0.05, 0.1) is 6.33 Å². The van der Waals surface area contributed by atoms with Crippen molar-refractivity contribution in [1.29, 1.82) is 0 Å². The number of para-hydroxylation sites is 1. The highest BCUT2D eigenvalue weighted by atomic mass is 16.2. The van der Waals surface area contributed by atoms with E-state index in [4.69, 9.17) is 0 Å². The fraction of sp³-hybridized carbons (Fsp3) is 0.280. The summed E-state index contributed by atoms with van der Waals surface area (Å²) in [5.74, 6) is 1.21. The standard InChI is InChI=1S/C25H27N7O/c1-16-6-3-7-17(2)21(16)31-25(33)30-20-10-4-8-18(12-20)19-9-5-11-32(13-19)24-22-23(27-14-26-22)28-15-29-24/h3-4,6-8,10,12,14-15,19H,5,9,11,13H2,1-2H3,(H2,30,31,33)(H,26,27,28,29). The molecule has 1 atom stereocenters. The molecule has 0 saturated carbocycles. The van der Waals surface area contributed by atoms with Crippen molar-refractivity contribution in [3.05, 3.63) is 71.8 Å². The molecule has 8 nitrogen and oxygen atoms in total. The average Bonchev–Trinajstić information content (AvgIpc) is 3.31. The number of hydrogen-bond acceptors (Lipinski definition) is 5. The van der Waals surface area contributed by atoms with Crippen LogP contribution in [0.2, 0.25) is 0 Å². The third kappa shape index (κ3) is 4.37. The van der Waals surface area contributed by atoms with E-state index in [1.54, 1.807) is 12.7 Å². The molecule has 33 heavy (non-hydrogen) atoms. The van der Waals surface area contributed by atoms with Crippen molar-refractivity contribution in [3.8, 4) is 0 Å². The van der Waals surface area contributed by atoms with Crippen LogP contribution in [0.4, 0.5) is 22.0 Å². The molecule has 2 aromatic carbocycles. The molecule has 2 amide bonds. The first-order valence-electron chi connectivity index (χ1n) is 11.2. The molecule has 4 aromatic rings. The lowest BCUT2D eigenvalue weighted by Gasteiger charge is -2.34. The summed E-state index contributed by atoms with van der Waals surface area (Å²) in [4.78, 5) is 31.2. The molecule has 168 valence electrons. The van der Waals surface area contributed by atoms with Crippen molar-refractivity contribution in [1.82, 2.24) is 19.9 Å². The summed E-state index contributed by atoms with van der Waals surface area (Å²) in [7, 11) is 0. The number of carbonyl (C=O) groups is 1. The maximum Gasteiger partial charge on any atom is 0.323 e. The Morgan fingerprint density at radius 1 is 1.06 bits per heavy atom. The van der Waals surface area contributed by atoms with Crippen molar-refractivity contribution >= 4 is 34.4 Å². The van der Waals surface area contributed by atoms with Gasteiger partial charge < -0.3 is 20.5 Å². The number of amides is 2. The fourth-order valence-electron chi connectivity index (χ4n) is 4.58. The molecule has 5 rings (SSSR count). The summed E-state index contributed by atoms with van der Waals surface area (Å²) in [6.07, 6.45) is 5.39. The summed E-state index contributed by atoms with van der Waals surface area (Å²) in [5, 5.41) is 5.98. The van der Waals surface area contributed by atoms with Gasteiger partial charge in [-0.15, -0.1) is 0 Å². The fourth-order valence-corrected chi connectivity index (χ4v) is 4.58. The number of piperidine rings is 1. The number of aromatic amines is 1. The van der Waals surface area contributed by atoms with Gasteiger partial charge in [0.1, 0.15) is 11.8 Å². The van der Waals surface area contributed by atoms with E-state index in [9.17, 15) is 4.79 Å². The van der Waals surface area contributed by atoms with Crippen LogP contribution >= 0.6 is 0 Å². The van der Waals surface area contributed by atoms with Crippen molar-refractivity contribution < 1.29 is 4.79 Å². The van der Waals surface area contributed by atoms with Crippen LogP contribution in [-0.4, -0.2) is 39.1 Å². The van der Waals surface area contributed by atoms with Crippen LogP contribution in [0.3, 0.4) is 0 Å². The van der Waals surface area contributed by atoms with Crippen LogP contribution in [0, 0.1) is 13.8 Å².